The molecule has 0 fully saturated rings. The first-order chi connectivity index (χ1) is 16.1. The molecule has 8 nitrogen and oxygen atoms in total. The third-order valence-electron chi connectivity index (χ3n) is 4.69. The van der Waals surface area contributed by atoms with Gasteiger partial charge in [-0.1, -0.05) is 30.0 Å². The molecule has 4 aromatic rings. The van der Waals surface area contributed by atoms with Gasteiger partial charge in [0.05, 0.1) is 18.5 Å². The second-order valence-corrected chi connectivity index (χ2v) is 8.66. The average molecular weight is 479 g/mol. The van der Waals surface area contributed by atoms with Crippen LogP contribution in [0.5, 0.6) is 5.75 Å². The topological polar surface area (TPSA) is 86.0 Å². The van der Waals surface area contributed by atoms with Gasteiger partial charge >= 0.3 is 0 Å². The summed E-state index contributed by atoms with van der Waals surface area (Å²) in [5.41, 5.74) is 2.45. The van der Waals surface area contributed by atoms with Crippen molar-refractivity contribution in [2.75, 3.05) is 12.0 Å². The maximum atomic E-state index is 12.5. The molecule has 0 bridgehead atoms. The van der Waals surface area contributed by atoms with E-state index in [1.807, 2.05) is 52.4 Å². The minimum atomic E-state index is -0.138. The minimum absolute atomic E-state index is 0.138. The SMILES string of the molecule is C=CCn1c(SCc2csc(N(C(C)=O)c3ccccc3OC)n2)nnc1-c1ccncc1. The summed E-state index contributed by atoms with van der Waals surface area (Å²) < 4.78 is 7.44. The molecule has 0 saturated heterocycles. The number of carbonyl (C=O) groups excluding carboxylic acids is 1. The number of aromatic nitrogens is 5. The first-order valence-electron chi connectivity index (χ1n) is 10.1. The van der Waals surface area contributed by atoms with Crippen molar-refractivity contribution in [1.29, 1.82) is 0 Å². The maximum Gasteiger partial charge on any atom is 0.230 e. The van der Waals surface area contributed by atoms with Crippen LogP contribution in [-0.2, 0) is 17.1 Å². The molecule has 0 saturated carbocycles. The molecule has 1 amide bonds. The third-order valence-corrected chi connectivity index (χ3v) is 6.56. The molecule has 33 heavy (non-hydrogen) atoms. The predicted molar refractivity (Wildman–Crippen MR) is 131 cm³/mol. The number of anilines is 2. The molecular weight excluding hydrogens is 456 g/mol. The number of amides is 1. The summed E-state index contributed by atoms with van der Waals surface area (Å²) in [4.78, 5) is 22.8. The molecule has 0 radical (unpaired) electrons. The maximum absolute atomic E-state index is 12.5. The molecule has 0 unspecified atom stereocenters. The molecule has 4 rings (SSSR count). The molecule has 0 aliphatic carbocycles. The van der Waals surface area contributed by atoms with E-state index < -0.39 is 0 Å². The number of hydrogen-bond acceptors (Lipinski definition) is 8. The predicted octanol–water partition coefficient (Wildman–Crippen LogP) is 4.97. The van der Waals surface area contributed by atoms with Gasteiger partial charge in [0.1, 0.15) is 5.75 Å². The number of nitrogens with zero attached hydrogens (tertiary/aromatic N) is 6. The molecule has 3 aromatic heterocycles. The number of hydrogen-bond donors (Lipinski definition) is 0. The summed E-state index contributed by atoms with van der Waals surface area (Å²) in [7, 11) is 1.58. The first-order valence-corrected chi connectivity index (χ1v) is 11.9. The number of benzene rings is 1. The highest BCUT2D eigenvalue weighted by Gasteiger charge is 2.21. The van der Waals surface area contributed by atoms with Crippen LogP contribution in [0, 0.1) is 0 Å². The van der Waals surface area contributed by atoms with Crippen LogP contribution in [0.1, 0.15) is 12.6 Å². The van der Waals surface area contributed by atoms with Crippen LogP contribution < -0.4 is 9.64 Å². The summed E-state index contributed by atoms with van der Waals surface area (Å²) in [5, 5.41) is 12.0. The summed E-state index contributed by atoms with van der Waals surface area (Å²) in [6.07, 6.45) is 5.28. The van der Waals surface area contributed by atoms with E-state index in [4.69, 9.17) is 9.72 Å². The minimum Gasteiger partial charge on any atom is -0.495 e. The summed E-state index contributed by atoms with van der Waals surface area (Å²) >= 11 is 2.95. The molecule has 10 heteroatoms. The molecule has 168 valence electrons. The van der Waals surface area contributed by atoms with Gasteiger partial charge in [-0.05, 0) is 24.3 Å². The van der Waals surface area contributed by atoms with Crippen molar-refractivity contribution < 1.29 is 9.53 Å². The number of pyridine rings is 1. The van der Waals surface area contributed by atoms with Crippen molar-refractivity contribution in [2.45, 2.75) is 24.4 Å². The zero-order chi connectivity index (χ0) is 23.2. The molecule has 0 spiro atoms. The lowest BCUT2D eigenvalue weighted by atomic mass is 10.2. The standard InChI is InChI=1S/C23H22N6O2S2/c1-4-13-28-21(17-9-11-24-12-10-17)26-27-23(28)33-15-18-14-32-22(25-18)29(16(2)30)19-7-5-6-8-20(19)31-3/h4-12,14H,1,13,15H2,2-3H3. The molecule has 0 N–H and O–H groups in total. The molecular formula is C23H22N6O2S2. The Morgan fingerprint density at radius 3 is 2.76 bits per heavy atom. The Labute approximate surface area is 200 Å². The quantitative estimate of drug-likeness (QED) is 0.248. The Hall–Kier alpha value is -3.50. The van der Waals surface area contributed by atoms with Crippen LogP contribution in [0.4, 0.5) is 10.8 Å². The average Bonchev–Trinajstić information content (AvgIpc) is 3.46. The molecule has 0 aliphatic heterocycles. The smallest absolute Gasteiger partial charge is 0.230 e. The van der Waals surface area contributed by atoms with E-state index in [-0.39, 0.29) is 5.91 Å². The Morgan fingerprint density at radius 2 is 2.03 bits per heavy atom. The van der Waals surface area contributed by atoms with Crippen LogP contribution in [-0.4, -0.2) is 37.7 Å². The van der Waals surface area contributed by atoms with Crippen molar-refractivity contribution in [3.05, 3.63) is 72.5 Å². The highest BCUT2D eigenvalue weighted by molar-refractivity contribution is 7.98. The number of thioether (sulfide) groups is 1. The molecule has 1 aromatic carbocycles. The second kappa shape index (κ2) is 10.4. The molecule has 0 aliphatic rings. The third kappa shape index (κ3) is 4.96. The van der Waals surface area contributed by atoms with Crippen LogP contribution in [0.3, 0.4) is 0 Å². The largest absolute Gasteiger partial charge is 0.495 e. The highest BCUT2D eigenvalue weighted by atomic mass is 32.2. The van der Waals surface area contributed by atoms with E-state index in [2.05, 4.69) is 21.8 Å². The van der Waals surface area contributed by atoms with Crippen molar-refractivity contribution in [3.63, 3.8) is 0 Å². The van der Waals surface area contributed by atoms with Crippen molar-refractivity contribution in [2.24, 2.45) is 0 Å². The fraction of sp³-hybridized carbons (Fsp3) is 0.174. The number of rotatable bonds is 9. The van der Waals surface area contributed by atoms with E-state index in [1.54, 1.807) is 24.4 Å². The van der Waals surface area contributed by atoms with Gasteiger partial charge in [-0.15, -0.1) is 28.1 Å². The summed E-state index contributed by atoms with van der Waals surface area (Å²) in [6.45, 7) is 5.95. The number of allylic oxidation sites excluding steroid dienone is 1. The zero-order valence-corrected chi connectivity index (χ0v) is 19.8. The van der Waals surface area contributed by atoms with Crippen LogP contribution >= 0.6 is 23.1 Å². The number of ether oxygens (including phenoxy) is 1. The Bertz CT molecular complexity index is 1250. The Morgan fingerprint density at radius 1 is 1.24 bits per heavy atom. The van der Waals surface area contributed by atoms with Gasteiger partial charge in [0.25, 0.3) is 0 Å². The van der Waals surface area contributed by atoms with Gasteiger partial charge in [0, 0.05) is 42.6 Å². The summed E-state index contributed by atoms with van der Waals surface area (Å²) in [6, 6.07) is 11.2. The van der Waals surface area contributed by atoms with E-state index in [0.29, 0.717) is 28.9 Å². The normalized spacial score (nSPS) is 10.7. The number of methoxy groups -OCH3 is 1. The zero-order valence-electron chi connectivity index (χ0n) is 18.2. The lowest BCUT2D eigenvalue weighted by Gasteiger charge is -2.20. The van der Waals surface area contributed by atoms with Crippen LogP contribution in [0.2, 0.25) is 0 Å². The van der Waals surface area contributed by atoms with Crippen LogP contribution in [0.25, 0.3) is 11.4 Å². The Balaban J connectivity index is 1.55. The van der Waals surface area contributed by atoms with Gasteiger partial charge in [-0.2, -0.15) is 0 Å². The van der Waals surface area contributed by atoms with Gasteiger partial charge in [-0.3, -0.25) is 19.2 Å². The highest BCUT2D eigenvalue weighted by Crippen LogP contribution is 2.36. The number of thiazole rings is 1. The van der Waals surface area contributed by atoms with E-state index in [9.17, 15) is 4.79 Å². The van der Waals surface area contributed by atoms with E-state index in [0.717, 1.165) is 22.2 Å². The van der Waals surface area contributed by atoms with Gasteiger partial charge in [-0.25, -0.2) is 4.98 Å². The fourth-order valence-corrected chi connectivity index (χ4v) is 5.05. The fourth-order valence-electron chi connectivity index (χ4n) is 3.23. The van der Waals surface area contributed by atoms with Crippen molar-refractivity contribution in [1.82, 2.24) is 24.7 Å². The Kier molecular flexibility index (Phi) is 7.16. The van der Waals surface area contributed by atoms with Gasteiger partial charge in [0.2, 0.25) is 5.91 Å². The van der Waals surface area contributed by atoms with E-state index in [1.165, 1.54) is 30.0 Å². The van der Waals surface area contributed by atoms with Crippen LogP contribution in [0.15, 0.2) is 72.0 Å². The monoisotopic (exact) mass is 478 g/mol. The van der Waals surface area contributed by atoms with Crippen molar-refractivity contribution >= 4 is 39.8 Å². The first kappa shape index (κ1) is 22.7. The molecule has 3 heterocycles. The lowest BCUT2D eigenvalue weighted by Crippen LogP contribution is -2.23. The van der Waals surface area contributed by atoms with E-state index >= 15 is 0 Å². The second-order valence-electron chi connectivity index (χ2n) is 6.88. The van der Waals surface area contributed by atoms with Gasteiger partial charge < -0.3 is 4.74 Å². The number of para-hydroxylation sites is 2. The molecule has 0 atom stereocenters. The summed E-state index contributed by atoms with van der Waals surface area (Å²) in [5.74, 6) is 1.82. The number of carbonyl (C=O) groups is 1. The van der Waals surface area contributed by atoms with Gasteiger partial charge in [0.15, 0.2) is 16.1 Å². The van der Waals surface area contributed by atoms with Crippen molar-refractivity contribution in [3.8, 4) is 17.1 Å². The lowest BCUT2D eigenvalue weighted by molar-refractivity contribution is -0.115.